The Bertz CT molecular complexity index is 545. The molecule has 2 unspecified atom stereocenters. The fourth-order valence-electron chi connectivity index (χ4n) is 2.72. The monoisotopic (exact) mass is 300 g/mol. The first kappa shape index (κ1) is 15.5. The lowest BCUT2D eigenvalue weighted by Crippen LogP contribution is -2.47. The van der Waals surface area contributed by atoms with Crippen LogP contribution in [-0.2, 0) is 29.4 Å². The summed E-state index contributed by atoms with van der Waals surface area (Å²) in [5, 5.41) is 12.6. The summed E-state index contributed by atoms with van der Waals surface area (Å²) < 4.78 is 24.7. The van der Waals surface area contributed by atoms with Crippen LogP contribution < -0.4 is 10.5 Å². The van der Waals surface area contributed by atoms with Crippen molar-refractivity contribution in [3.05, 3.63) is 17.5 Å². The van der Waals surface area contributed by atoms with Gasteiger partial charge in [0.25, 0.3) is 0 Å². The van der Waals surface area contributed by atoms with Crippen molar-refractivity contribution in [1.82, 2.24) is 15.1 Å². The van der Waals surface area contributed by atoms with Crippen LogP contribution in [0.15, 0.2) is 6.07 Å². The van der Waals surface area contributed by atoms with E-state index in [0.29, 0.717) is 19.0 Å². The number of nitrogens with two attached hydrogens (primary N) is 1. The van der Waals surface area contributed by atoms with Gasteiger partial charge in [0.05, 0.1) is 10.9 Å². The van der Waals surface area contributed by atoms with Gasteiger partial charge < -0.3 is 5.32 Å². The number of hydrogen-bond donors (Lipinski definition) is 2. The quantitative estimate of drug-likeness (QED) is 0.824. The molecule has 7 heteroatoms. The molecule has 1 aromatic heterocycles. The number of primary sulfonamides is 1. The summed E-state index contributed by atoms with van der Waals surface area (Å²) in [5.74, 6) is 0. The number of aromatic nitrogens is 2. The summed E-state index contributed by atoms with van der Waals surface area (Å²) in [6, 6.07) is 2.46. The molecular formula is C13H24N4O2S. The molecule has 2 heterocycles. The van der Waals surface area contributed by atoms with Gasteiger partial charge in [0.2, 0.25) is 10.0 Å². The van der Waals surface area contributed by atoms with Crippen molar-refractivity contribution in [2.45, 2.75) is 57.4 Å². The van der Waals surface area contributed by atoms with E-state index in [-0.39, 0.29) is 0 Å². The van der Waals surface area contributed by atoms with E-state index < -0.39 is 15.3 Å². The largest absolute Gasteiger partial charge is 0.312 e. The predicted octanol–water partition coefficient (Wildman–Crippen LogP) is 0.417. The third-order valence-corrected chi connectivity index (χ3v) is 5.30. The first-order valence-electron chi connectivity index (χ1n) is 7.24. The fraction of sp³-hybridized carbons (Fsp3) is 0.769. The van der Waals surface area contributed by atoms with E-state index in [1.807, 2.05) is 4.68 Å². The standard InChI is InChI=1S/C13H24N4O2S/c1-3-10-7-12(17(4-2)16-10)8-11-5-6-13(9-15-11)20(14,18)19/h7,11,13,15H,3-6,8-9H2,1-2H3,(H2,14,18,19). The van der Waals surface area contributed by atoms with Crippen LogP contribution in [0, 0.1) is 0 Å². The van der Waals surface area contributed by atoms with Gasteiger partial charge in [-0.2, -0.15) is 5.10 Å². The van der Waals surface area contributed by atoms with Crippen LogP contribution in [0.4, 0.5) is 0 Å². The van der Waals surface area contributed by atoms with Gasteiger partial charge in [-0.1, -0.05) is 6.92 Å². The summed E-state index contributed by atoms with van der Waals surface area (Å²) in [6.07, 6.45) is 3.29. The van der Waals surface area contributed by atoms with Crippen LogP contribution in [-0.4, -0.2) is 36.0 Å². The summed E-state index contributed by atoms with van der Waals surface area (Å²) in [4.78, 5) is 0. The molecule has 1 fully saturated rings. The maximum absolute atomic E-state index is 11.3. The number of nitrogens with zero attached hydrogens (tertiary/aromatic N) is 2. The molecule has 1 aliphatic heterocycles. The van der Waals surface area contributed by atoms with Crippen molar-refractivity contribution < 1.29 is 8.42 Å². The molecule has 1 aliphatic rings. The first-order valence-corrected chi connectivity index (χ1v) is 8.85. The molecular weight excluding hydrogens is 276 g/mol. The van der Waals surface area contributed by atoms with E-state index in [1.54, 1.807) is 0 Å². The second kappa shape index (κ2) is 6.24. The van der Waals surface area contributed by atoms with E-state index >= 15 is 0 Å². The minimum absolute atomic E-state index is 0.305. The van der Waals surface area contributed by atoms with Crippen LogP contribution in [0.25, 0.3) is 0 Å². The molecule has 0 saturated carbocycles. The molecule has 1 saturated heterocycles. The SMILES string of the molecule is CCc1cc(CC2CCC(S(N)(=O)=O)CN2)n(CC)n1. The molecule has 0 bridgehead atoms. The lowest BCUT2D eigenvalue weighted by molar-refractivity contribution is 0.388. The predicted molar refractivity (Wildman–Crippen MR) is 78.9 cm³/mol. The second-order valence-electron chi connectivity index (χ2n) is 5.39. The summed E-state index contributed by atoms with van der Waals surface area (Å²) in [5.41, 5.74) is 2.33. The lowest BCUT2D eigenvalue weighted by atomic mass is 10.00. The lowest BCUT2D eigenvalue weighted by Gasteiger charge is -2.28. The van der Waals surface area contributed by atoms with Crippen molar-refractivity contribution in [2.75, 3.05) is 6.54 Å². The highest BCUT2D eigenvalue weighted by Gasteiger charge is 2.28. The third-order valence-electron chi connectivity index (χ3n) is 3.97. The zero-order valence-corrected chi connectivity index (χ0v) is 13.0. The van der Waals surface area contributed by atoms with Gasteiger partial charge in [0, 0.05) is 31.2 Å². The number of aryl methyl sites for hydroxylation is 2. The highest BCUT2D eigenvalue weighted by atomic mass is 32.2. The molecule has 0 aliphatic carbocycles. The van der Waals surface area contributed by atoms with Gasteiger partial charge in [-0.05, 0) is 32.3 Å². The van der Waals surface area contributed by atoms with Crippen LogP contribution in [0.1, 0.15) is 38.1 Å². The molecule has 1 aromatic rings. The molecule has 2 rings (SSSR count). The van der Waals surface area contributed by atoms with Crippen molar-refractivity contribution >= 4 is 10.0 Å². The normalized spacial score (nSPS) is 23.9. The third kappa shape index (κ3) is 3.59. The Hall–Kier alpha value is -0.920. The molecule has 0 aromatic carbocycles. The zero-order chi connectivity index (χ0) is 14.8. The van der Waals surface area contributed by atoms with Gasteiger partial charge in [-0.15, -0.1) is 0 Å². The first-order chi connectivity index (χ1) is 9.44. The molecule has 0 amide bonds. The van der Waals surface area contributed by atoms with Crippen LogP contribution in [0.3, 0.4) is 0 Å². The Morgan fingerprint density at radius 1 is 1.45 bits per heavy atom. The van der Waals surface area contributed by atoms with Crippen LogP contribution in [0.5, 0.6) is 0 Å². The van der Waals surface area contributed by atoms with E-state index in [9.17, 15) is 8.42 Å². The number of nitrogens with one attached hydrogen (secondary N) is 1. The van der Waals surface area contributed by atoms with Crippen molar-refractivity contribution in [1.29, 1.82) is 0 Å². The maximum Gasteiger partial charge on any atom is 0.213 e. The highest BCUT2D eigenvalue weighted by molar-refractivity contribution is 7.89. The van der Waals surface area contributed by atoms with Gasteiger partial charge in [-0.3, -0.25) is 4.68 Å². The maximum atomic E-state index is 11.3. The molecule has 114 valence electrons. The van der Waals surface area contributed by atoms with Crippen LogP contribution in [0.2, 0.25) is 0 Å². The van der Waals surface area contributed by atoms with Gasteiger partial charge in [0.15, 0.2) is 0 Å². The molecule has 20 heavy (non-hydrogen) atoms. The van der Waals surface area contributed by atoms with E-state index in [0.717, 1.165) is 31.5 Å². The van der Waals surface area contributed by atoms with Crippen LogP contribution >= 0.6 is 0 Å². The average molecular weight is 300 g/mol. The second-order valence-corrected chi connectivity index (χ2v) is 7.24. The van der Waals surface area contributed by atoms with Gasteiger partial charge in [0.1, 0.15) is 0 Å². The Morgan fingerprint density at radius 3 is 2.70 bits per heavy atom. The Kier molecular flexibility index (Phi) is 4.82. The molecule has 2 atom stereocenters. The molecule has 3 N–H and O–H groups in total. The van der Waals surface area contributed by atoms with Crippen molar-refractivity contribution in [2.24, 2.45) is 5.14 Å². The molecule has 0 spiro atoms. The van der Waals surface area contributed by atoms with Gasteiger partial charge in [-0.25, -0.2) is 13.6 Å². The Morgan fingerprint density at radius 2 is 2.20 bits per heavy atom. The summed E-state index contributed by atoms with van der Waals surface area (Å²) in [7, 11) is -3.41. The Labute approximate surface area is 120 Å². The minimum Gasteiger partial charge on any atom is -0.312 e. The smallest absolute Gasteiger partial charge is 0.213 e. The molecule has 6 nitrogen and oxygen atoms in total. The number of hydrogen-bond acceptors (Lipinski definition) is 4. The molecule has 0 radical (unpaired) electrons. The van der Waals surface area contributed by atoms with E-state index in [1.165, 1.54) is 5.69 Å². The number of rotatable bonds is 5. The van der Waals surface area contributed by atoms with Crippen molar-refractivity contribution in [3.63, 3.8) is 0 Å². The number of piperidine rings is 1. The summed E-state index contributed by atoms with van der Waals surface area (Å²) >= 11 is 0. The number of sulfonamides is 1. The highest BCUT2D eigenvalue weighted by Crippen LogP contribution is 2.17. The van der Waals surface area contributed by atoms with Crippen molar-refractivity contribution in [3.8, 4) is 0 Å². The summed E-state index contributed by atoms with van der Waals surface area (Å²) in [6.45, 7) is 5.50. The van der Waals surface area contributed by atoms with E-state index in [4.69, 9.17) is 5.14 Å². The minimum atomic E-state index is -3.41. The fourth-order valence-corrected chi connectivity index (χ4v) is 3.52. The average Bonchev–Trinajstić information content (AvgIpc) is 2.80. The zero-order valence-electron chi connectivity index (χ0n) is 12.2. The van der Waals surface area contributed by atoms with Gasteiger partial charge >= 0.3 is 0 Å². The topological polar surface area (TPSA) is 90.0 Å². The Balaban J connectivity index is 1.97. The van der Waals surface area contributed by atoms with E-state index in [2.05, 4.69) is 30.3 Å².